The summed E-state index contributed by atoms with van der Waals surface area (Å²) in [4.78, 5) is 10.6. The van der Waals surface area contributed by atoms with E-state index in [1.807, 2.05) is 0 Å². The van der Waals surface area contributed by atoms with Gasteiger partial charge in [-0.05, 0) is 12.1 Å². The molecule has 0 aliphatic rings. The molecular formula is C13H19NO6S. The van der Waals surface area contributed by atoms with Gasteiger partial charge >= 0.3 is 5.97 Å². The molecule has 0 fully saturated rings. The quantitative estimate of drug-likeness (QED) is 0.774. The van der Waals surface area contributed by atoms with Gasteiger partial charge in [0.15, 0.2) is 11.5 Å². The molecule has 0 saturated heterocycles. The monoisotopic (exact) mass is 317 g/mol. The molecule has 1 aromatic rings. The van der Waals surface area contributed by atoms with E-state index in [2.05, 4.69) is 0 Å². The van der Waals surface area contributed by atoms with Crippen molar-refractivity contribution in [1.29, 1.82) is 0 Å². The van der Waals surface area contributed by atoms with Gasteiger partial charge in [-0.2, -0.15) is 4.31 Å². The number of hydrogen-bond donors (Lipinski definition) is 1. The topological polar surface area (TPSA) is 93.1 Å². The number of carbonyl (C=O) groups is 1. The summed E-state index contributed by atoms with van der Waals surface area (Å²) in [6.07, 6.45) is -0.250. The van der Waals surface area contributed by atoms with Crippen molar-refractivity contribution < 1.29 is 27.8 Å². The molecule has 0 saturated carbocycles. The number of sulfonamides is 1. The molecule has 0 bridgehead atoms. The molecule has 1 aromatic carbocycles. The fourth-order valence-electron chi connectivity index (χ4n) is 1.79. The maximum absolute atomic E-state index is 12.5. The van der Waals surface area contributed by atoms with Crippen molar-refractivity contribution in [3.8, 4) is 11.5 Å². The summed E-state index contributed by atoms with van der Waals surface area (Å²) < 4.78 is 36.2. The summed E-state index contributed by atoms with van der Waals surface area (Å²) >= 11 is 0. The molecule has 21 heavy (non-hydrogen) atoms. The van der Waals surface area contributed by atoms with E-state index < -0.39 is 16.0 Å². The first-order valence-electron chi connectivity index (χ1n) is 6.30. The molecule has 0 aliphatic carbocycles. The number of methoxy groups -OCH3 is 2. The van der Waals surface area contributed by atoms with Crippen LogP contribution in [0.15, 0.2) is 23.1 Å². The molecule has 0 radical (unpaired) electrons. The second-order valence-corrected chi connectivity index (χ2v) is 6.10. The van der Waals surface area contributed by atoms with Crippen LogP contribution in [0.25, 0.3) is 0 Å². The van der Waals surface area contributed by atoms with Crippen LogP contribution in [0.4, 0.5) is 0 Å². The number of nitrogens with zero attached hydrogens (tertiary/aromatic N) is 1. The third kappa shape index (κ3) is 4.08. The number of carboxylic acids is 1. The van der Waals surface area contributed by atoms with E-state index in [0.717, 1.165) is 4.31 Å². The Morgan fingerprint density at radius 2 is 1.86 bits per heavy atom. The molecule has 0 amide bonds. The lowest BCUT2D eigenvalue weighted by molar-refractivity contribution is -0.137. The fourth-order valence-corrected chi connectivity index (χ4v) is 3.26. The van der Waals surface area contributed by atoms with Crippen molar-refractivity contribution >= 4 is 16.0 Å². The van der Waals surface area contributed by atoms with Gasteiger partial charge in [-0.15, -0.1) is 0 Å². The molecule has 0 atom stereocenters. The highest BCUT2D eigenvalue weighted by molar-refractivity contribution is 7.89. The molecule has 1 rings (SSSR count). The average molecular weight is 317 g/mol. The Hall–Kier alpha value is -1.80. The van der Waals surface area contributed by atoms with E-state index in [9.17, 15) is 13.2 Å². The highest BCUT2D eigenvalue weighted by Gasteiger charge is 2.24. The SMILES string of the molecule is CCN(CCC(=O)O)S(=O)(=O)c1ccc(OC)c(OC)c1. The van der Waals surface area contributed by atoms with Gasteiger partial charge in [-0.3, -0.25) is 4.79 Å². The Morgan fingerprint density at radius 3 is 2.33 bits per heavy atom. The van der Waals surface area contributed by atoms with Crippen LogP contribution >= 0.6 is 0 Å². The molecule has 0 spiro atoms. The molecule has 8 heteroatoms. The molecular weight excluding hydrogens is 298 g/mol. The van der Waals surface area contributed by atoms with Crippen LogP contribution in [-0.4, -0.2) is 51.1 Å². The maximum atomic E-state index is 12.5. The van der Waals surface area contributed by atoms with E-state index in [1.165, 1.54) is 32.4 Å². The number of hydrogen-bond acceptors (Lipinski definition) is 5. The fraction of sp³-hybridized carbons (Fsp3) is 0.462. The van der Waals surface area contributed by atoms with Crippen molar-refractivity contribution in [3.63, 3.8) is 0 Å². The Balaban J connectivity index is 3.13. The van der Waals surface area contributed by atoms with Gasteiger partial charge in [0.25, 0.3) is 0 Å². The van der Waals surface area contributed by atoms with Crippen molar-refractivity contribution in [2.24, 2.45) is 0 Å². The number of benzene rings is 1. The van der Waals surface area contributed by atoms with Gasteiger partial charge in [0.2, 0.25) is 10.0 Å². The average Bonchev–Trinajstić information content (AvgIpc) is 2.46. The minimum Gasteiger partial charge on any atom is -0.493 e. The second-order valence-electron chi connectivity index (χ2n) is 4.16. The summed E-state index contributed by atoms with van der Waals surface area (Å²) in [5.74, 6) is -0.325. The normalized spacial score (nSPS) is 11.4. The molecule has 0 unspecified atom stereocenters. The van der Waals surface area contributed by atoms with Gasteiger partial charge < -0.3 is 14.6 Å². The zero-order chi connectivity index (χ0) is 16.0. The lowest BCUT2D eigenvalue weighted by atomic mass is 10.3. The van der Waals surface area contributed by atoms with E-state index in [4.69, 9.17) is 14.6 Å². The Labute approximate surface area is 124 Å². The highest BCUT2D eigenvalue weighted by Crippen LogP contribution is 2.30. The van der Waals surface area contributed by atoms with Crippen molar-refractivity contribution in [2.45, 2.75) is 18.2 Å². The lowest BCUT2D eigenvalue weighted by Gasteiger charge is -2.20. The van der Waals surface area contributed by atoms with Crippen molar-refractivity contribution in [1.82, 2.24) is 4.31 Å². The van der Waals surface area contributed by atoms with Gasteiger partial charge in [0.1, 0.15) is 0 Å². The van der Waals surface area contributed by atoms with Crippen LogP contribution in [-0.2, 0) is 14.8 Å². The predicted molar refractivity (Wildman–Crippen MR) is 76.2 cm³/mol. The summed E-state index contributed by atoms with van der Waals surface area (Å²) in [5.41, 5.74) is 0. The van der Waals surface area contributed by atoms with Crippen molar-refractivity contribution in [2.75, 3.05) is 27.3 Å². The van der Waals surface area contributed by atoms with E-state index in [0.29, 0.717) is 11.5 Å². The minimum atomic E-state index is -3.77. The van der Waals surface area contributed by atoms with Gasteiger partial charge in [-0.1, -0.05) is 6.92 Å². The van der Waals surface area contributed by atoms with Gasteiger partial charge in [0, 0.05) is 19.2 Å². The second kappa shape index (κ2) is 7.28. The van der Waals surface area contributed by atoms with Crippen LogP contribution in [0.2, 0.25) is 0 Å². The molecule has 118 valence electrons. The first kappa shape index (κ1) is 17.3. The van der Waals surface area contributed by atoms with E-state index in [-0.39, 0.29) is 24.4 Å². The Kier molecular flexibility index (Phi) is 5.98. The van der Waals surface area contributed by atoms with Gasteiger partial charge in [-0.25, -0.2) is 8.42 Å². The number of ether oxygens (including phenoxy) is 2. The molecule has 7 nitrogen and oxygen atoms in total. The van der Waals surface area contributed by atoms with Crippen LogP contribution < -0.4 is 9.47 Å². The smallest absolute Gasteiger partial charge is 0.304 e. The standard InChI is InChI=1S/C13H19NO6S/c1-4-14(8-7-13(15)16)21(17,18)10-5-6-11(19-2)12(9-10)20-3/h5-6,9H,4,7-8H2,1-3H3,(H,15,16). The summed E-state index contributed by atoms with van der Waals surface area (Å²) in [6.45, 7) is 1.76. The number of aliphatic carboxylic acids is 1. The third-order valence-corrected chi connectivity index (χ3v) is 4.89. The largest absolute Gasteiger partial charge is 0.493 e. The number of rotatable bonds is 8. The molecule has 0 aromatic heterocycles. The van der Waals surface area contributed by atoms with Crippen LogP contribution in [0.5, 0.6) is 11.5 Å². The van der Waals surface area contributed by atoms with Crippen LogP contribution in [0, 0.1) is 0 Å². The zero-order valence-corrected chi connectivity index (χ0v) is 13.0. The van der Waals surface area contributed by atoms with Gasteiger partial charge in [0.05, 0.1) is 25.5 Å². The maximum Gasteiger partial charge on any atom is 0.304 e. The third-order valence-electron chi connectivity index (χ3n) is 2.92. The Morgan fingerprint density at radius 1 is 1.24 bits per heavy atom. The minimum absolute atomic E-state index is 0.0346. The zero-order valence-electron chi connectivity index (χ0n) is 12.2. The van der Waals surface area contributed by atoms with E-state index >= 15 is 0 Å². The van der Waals surface area contributed by atoms with Crippen LogP contribution in [0.1, 0.15) is 13.3 Å². The van der Waals surface area contributed by atoms with Crippen molar-refractivity contribution in [3.05, 3.63) is 18.2 Å². The molecule has 1 N–H and O–H groups in total. The lowest BCUT2D eigenvalue weighted by Crippen LogP contribution is -2.32. The number of carboxylic acid groups (broad SMARTS) is 1. The summed E-state index contributed by atoms with van der Waals surface area (Å²) in [6, 6.07) is 4.26. The highest BCUT2D eigenvalue weighted by atomic mass is 32.2. The predicted octanol–water partition coefficient (Wildman–Crippen LogP) is 1.19. The first-order chi connectivity index (χ1) is 9.86. The van der Waals surface area contributed by atoms with E-state index in [1.54, 1.807) is 6.92 Å². The molecule has 0 heterocycles. The first-order valence-corrected chi connectivity index (χ1v) is 7.74. The summed E-state index contributed by atoms with van der Waals surface area (Å²) in [5, 5.41) is 8.69. The Bertz CT molecular complexity index is 599. The summed E-state index contributed by atoms with van der Waals surface area (Å²) in [7, 11) is -0.901. The molecule has 0 aliphatic heterocycles. The van der Waals surface area contributed by atoms with Crippen LogP contribution in [0.3, 0.4) is 0 Å².